The number of carbonyl (C=O) groups is 2. The van der Waals surface area contributed by atoms with Gasteiger partial charge in [-0.1, -0.05) is 58.0 Å². The topological polar surface area (TPSA) is 70.7 Å². The van der Waals surface area contributed by atoms with Gasteiger partial charge in [0.1, 0.15) is 0 Å². The fourth-order valence-electron chi connectivity index (χ4n) is 5.67. The lowest BCUT2D eigenvalue weighted by molar-refractivity contribution is -0.131. The molecule has 1 saturated heterocycles. The molecule has 5 atom stereocenters. The summed E-state index contributed by atoms with van der Waals surface area (Å²) in [4.78, 5) is 27.6. The van der Waals surface area contributed by atoms with Crippen LogP contribution < -0.4 is 10.6 Å². The molecule has 1 aliphatic heterocycles. The van der Waals surface area contributed by atoms with E-state index in [2.05, 4.69) is 67.5 Å². The predicted octanol–water partition coefficient (Wildman–Crippen LogP) is 4.20. The van der Waals surface area contributed by atoms with Crippen LogP contribution >= 0.6 is 0 Å². The second-order valence-corrected chi connectivity index (χ2v) is 11.0. The number of amides is 2. The number of alkyl carbamates (subject to hydrolysis) is 1. The average molecular weight is 444 g/mol. The summed E-state index contributed by atoms with van der Waals surface area (Å²) >= 11 is 0. The van der Waals surface area contributed by atoms with Gasteiger partial charge in [-0.25, -0.2) is 4.79 Å². The van der Waals surface area contributed by atoms with Crippen molar-refractivity contribution in [3.8, 4) is 0 Å². The van der Waals surface area contributed by atoms with Gasteiger partial charge in [0.2, 0.25) is 0 Å². The molecule has 1 saturated carbocycles. The summed E-state index contributed by atoms with van der Waals surface area (Å²) in [5.74, 6) is 1.22. The number of likely N-dealkylation sites (tertiary alicyclic amines) is 1. The van der Waals surface area contributed by atoms with Crippen molar-refractivity contribution in [1.29, 1.82) is 0 Å². The van der Waals surface area contributed by atoms with Gasteiger partial charge in [-0.15, -0.1) is 0 Å². The number of ether oxygens (including phenoxy) is 1. The van der Waals surface area contributed by atoms with Crippen molar-refractivity contribution in [3.05, 3.63) is 35.9 Å². The van der Waals surface area contributed by atoms with E-state index in [1.165, 1.54) is 12.6 Å². The number of rotatable bonds is 8. The highest BCUT2D eigenvalue weighted by Crippen LogP contribution is 2.39. The summed E-state index contributed by atoms with van der Waals surface area (Å²) in [5.41, 5.74) is 1.50. The maximum absolute atomic E-state index is 13.2. The molecule has 2 fully saturated rings. The standard InChI is InChI=1S/C26H41N3O3/c1-18(14-26(2,3)4)13-23(32-25(31)27-5)24(30)28-22-12-11-20-16-29(17-21(20)22)15-19-9-7-6-8-10-19/h6-10,18,20-23H,11-17H2,1-5H3,(H,27,31)(H,28,30)/t18-,20+,21-,22-,23?/m0/s1. The minimum Gasteiger partial charge on any atom is -0.436 e. The molecule has 2 aliphatic rings. The summed E-state index contributed by atoms with van der Waals surface area (Å²) in [6.07, 6.45) is 2.35. The van der Waals surface area contributed by atoms with Gasteiger partial charge < -0.3 is 15.4 Å². The van der Waals surface area contributed by atoms with Crippen molar-refractivity contribution in [1.82, 2.24) is 15.5 Å². The van der Waals surface area contributed by atoms with E-state index in [0.29, 0.717) is 18.3 Å². The van der Waals surface area contributed by atoms with Crippen LogP contribution in [-0.2, 0) is 16.1 Å². The summed E-state index contributed by atoms with van der Waals surface area (Å²) in [6.45, 7) is 11.8. The van der Waals surface area contributed by atoms with Crippen LogP contribution in [0.2, 0.25) is 0 Å². The highest BCUT2D eigenvalue weighted by Gasteiger charge is 2.43. The zero-order valence-corrected chi connectivity index (χ0v) is 20.4. The summed E-state index contributed by atoms with van der Waals surface area (Å²) in [7, 11) is 1.53. The van der Waals surface area contributed by atoms with Crippen LogP contribution in [0.1, 0.15) is 58.9 Å². The van der Waals surface area contributed by atoms with Crippen molar-refractivity contribution in [3.63, 3.8) is 0 Å². The molecule has 1 aliphatic carbocycles. The van der Waals surface area contributed by atoms with Gasteiger partial charge in [0.15, 0.2) is 6.10 Å². The second-order valence-electron chi connectivity index (χ2n) is 11.0. The van der Waals surface area contributed by atoms with Crippen molar-refractivity contribution < 1.29 is 14.3 Å². The van der Waals surface area contributed by atoms with Crippen molar-refractivity contribution >= 4 is 12.0 Å². The van der Waals surface area contributed by atoms with Crippen LogP contribution in [0.5, 0.6) is 0 Å². The Kier molecular flexibility index (Phi) is 8.21. The molecule has 1 aromatic carbocycles. The molecule has 0 radical (unpaired) electrons. The van der Waals surface area contributed by atoms with Gasteiger partial charge in [0.25, 0.3) is 5.91 Å². The second kappa shape index (κ2) is 10.7. The molecular formula is C26H41N3O3. The Hall–Kier alpha value is -2.08. The summed E-state index contributed by atoms with van der Waals surface area (Å²) in [5, 5.41) is 5.75. The maximum atomic E-state index is 13.2. The number of benzene rings is 1. The van der Waals surface area contributed by atoms with E-state index < -0.39 is 12.2 Å². The normalized spacial score (nSPS) is 25.1. The van der Waals surface area contributed by atoms with Gasteiger partial charge in [-0.2, -0.15) is 0 Å². The third-order valence-corrected chi connectivity index (χ3v) is 6.83. The van der Waals surface area contributed by atoms with Gasteiger partial charge in [-0.3, -0.25) is 9.69 Å². The molecule has 2 N–H and O–H groups in total. The third-order valence-electron chi connectivity index (χ3n) is 6.83. The minimum absolute atomic E-state index is 0.151. The molecular weight excluding hydrogens is 402 g/mol. The van der Waals surface area contributed by atoms with Crippen LogP contribution in [0.25, 0.3) is 0 Å². The van der Waals surface area contributed by atoms with Crippen LogP contribution in [0.4, 0.5) is 4.79 Å². The minimum atomic E-state index is -0.756. The number of nitrogens with zero attached hydrogens (tertiary/aromatic N) is 1. The Morgan fingerprint density at radius 3 is 2.53 bits per heavy atom. The molecule has 1 aromatic rings. The fourth-order valence-corrected chi connectivity index (χ4v) is 5.67. The largest absolute Gasteiger partial charge is 0.436 e. The number of nitrogens with one attached hydrogen (secondary N) is 2. The Bertz CT molecular complexity index is 761. The fraction of sp³-hybridized carbons (Fsp3) is 0.692. The van der Waals surface area contributed by atoms with E-state index in [1.54, 1.807) is 0 Å². The van der Waals surface area contributed by atoms with Gasteiger partial charge in [-0.05, 0) is 54.4 Å². The number of hydrogen-bond donors (Lipinski definition) is 2. The highest BCUT2D eigenvalue weighted by molar-refractivity contribution is 5.83. The molecule has 32 heavy (non-hydrogen) atoms. The van der Waals surface area contributed by atoms with Gasteiger partial charge >= 0.3 is 6.09 Å². The molecule has 0 spiro atoms. The average Bonchev–Trinajstić information content (AvgIpc) is 3.27. The SMILES string of the molecule is CNC(=O)OC(C[C@H](C)CC(C)(C)C)C(=O)N[C@H]1CC[C@@H]2CN(Cc3ccccc3)C[C@@H]21. The zero-order chi connectivity index (χ0) is 23.3. The molecule has 0 aromatic heterocycles. The quantitative estimate of drug-likeness (QED) is 0.632. The maximum Gasteiger partial charge on any atom is 0.407 e. The van der Waals surface area contributed by atoms with E-state index in [4.69, 9.17) is 4.74 Å². The lowest BCUT2D eigenvalue weighted by atomic mass is 9.83. The first-order valence-electron chi connectivity index (χ1n) is 12.1. The number of hydrogen-bond acceptors (Lipinski definition) is 4. The van der Waals surface area contributed by atoms with Crippen LogP contribution in [0.3, 0.4) is 0 Å². The molecule has 178 valence electrons. The Morgan fingerprint density at radius 1 is 1.16 bits per heavy atom. The van der Waals surface area contributed by atoms with Gasteiger partial charge in [0.05, 0.1) is 0 Å². The zero-order valence-electron chi connectivity index (χ0n) is 20.4. The van der Waals surface area contributed by atoms with Crippen molar-refractivity contribution in [2.45, 2.75) is 72.1 Å². The monoisotopic (exact) mass is 443 g/mol. The van der Waals surface area contributed by atoms with E-state index in [9.17, 15) is 9.59 Å². The third kappa shape index (κ3) is 6.96. The van der Waals surface area contributed by atoms with Crippen LogP contribution in [-0.4, -0.2) is 49.2 Å². The highest BCUT2D eigenvalue weighted by atomic mass is 16.6. The number of fused-ring (bicyclic) bond motifs is 1. The first kappa shape index (κ1) is 24.6. The Balaban J connectivity index is 1.58. The smallest absolute Gasteiger partial charge is 0.407 e. The molecule has 3 rings (SSSR count). The van der Waals surface area contributed by atoms with Crippen LogP contribution in [0.15, 0.2) is 30.3 Å². The first-order chi connectivity index (χ1) is 15.1. The molecule has 6 nitrogen and oxygen atoms in total. The van der Waals surface area contributed by atoms with Crippen molar-refractivity contribution in [2.75, 3.05) is 20.1 Å². The first-order valence-corrected chi connectivity index (χ1v) is 12.1. The Labute approximate surface area is 193 Å². The molecule has 6 heteroatoms. The van der Waals surface area contributed by atoms with E-state index in [1.807, 2.05) is 6.07 Å². The van der Waals surface area contributed by atoms with E-state index >= 15 is 0 Å². The molecule has 1 unspecified atom stereocenters. The number of carbonyl (C=O) groups excluding carboxylic acids is 2. The van der Waals surface area contributed by atoms with E-state index in [0.717, 1.165) is 38.9 Å². The van der Waals surface area contributed by atoms with Crippen LogP contribution in [0, 0.1) is 23.2 Å². The van der Waals surface area contributed by atoms with E-state index in [-0.39, 0.29) is 23.3 Å². The summed E-state index contributed by atoms with van der Waals surface area (Å²) < 4.78 is 5.50. The van der Waals surface area contributed by atoms with Crippen molar-refractivity contribution in [2.24, 2.45) is 23.2 Å². The molecule has 1 heterocycles. The molecule has 2 amide bonds. The summed E-state index contributed by atoms with van der Waals surface area (Å²) in [6, 6.07) is 10.7. The lowest BCUT2D eigenvalue weighted by Gasteiger charge is -2.28. The van der Waals surface area contributed by atoms with Gasteiger partial charge in [0, 0.05) is 32.7 Å². The predicted molar refractivity (Wildman–Crippen MR) is 127 cm³/mol. The Morgan fingerprint density at radius 2 is 1.88 bits per heavy atom. The lowest BCUT2D eigenvalue weighted by Crippen LogP contribution is -2.47. The molecule has 0 bridgehead atoms.